The SMILES string of the molecule is Nc1nc2ccccc2nc1NCCCn1ccnn1. The third-order valence-electron chi connectivity index (χ3n) is 2.93. The van der Waals surface area contributed by atoms with Gasteiger partial charge in [-0.25, -0.2) is 9.97 Å². The molecule has 1 aromatic carbocycles. The summed E-state index contributed by atoms with van der Waals surface area (Å²) in [4.78, 5) is 8.81. The number of fused-ring (bicyclic) bond motifs is 1. The molecule has 0 spiro atoms. The van der Waals surface area contributed by atoms with Crippen molar-refractivity contribution in [2.24, 2.45) is 0 Å². The molecule has 0 saturated carbocycles. The van der Waals surface area contributed by atoms with Crippen LogP contribution in [0.5, 0.6) is 0 Å². The van der Waals surface area contributed by atoms with Gasteiger partial charge in [-0.15, -0.1) is 5.10 Å². The molecule has 0 aliphatic rings. The molecule has 2 heterocycles. The van der Waals surface area contributed by atoms with Crippen LogP contribution in [0.25, 0.3) is 11.0 Å². The number of hydrogen-bond acceptors (Lipinski definition) is 6. The van der Waals surface area contributed by atoms with E-state index < -0.39 is 0 Å². The van der Waals surface area contributed by atoms with Crippen LogP contribution in [-0.2, 0) is 6.54 Å². The molecule has 3 rings (SSSR count). The van der Waals surface area contributed by atoms with Gasteiger partial charge in [0.2, 0.25) is 0 Å². The summed E-state index contributed by atoms with van der Waals surface area (Å²) in [5, 5.41) is 10.9. The van der Waals surface area contributed by atoms with Crippen molar-refractivity contribution in [1.29, 1.82) is 0 Å². The monoisotopic (exact) mass is 269 g/mol. The Morgan fingerprint density at radius 1 is 1.15 bits per heavy atom. The minimum Gasteiger partial charge on any atom is -0.381 e. The van der Waals surface area contributed by atoms with Crippen LogP contribution < -0.4 is 11.1 Å². The fourth-order valence-electron chi connectivity index (χ4n) is 1.94. The van der Waals surface area contributed by atoms with Crippen molar-refractivity contribution in [1.82, 2.24) is 25.0 Å². The molecule has 0 amide bonds. The highest BCUT2D eigenvalue weighted by Crippen LogP contribution is 2.18. The Bertz CT molecular complexity index is 693. The Morgan fingerprint density at radius 2 is 1.95 bits per heavy atom. The van der Waals surface area contributed by atoms with Crippen LogP contribution in [0.3, 0.4) is 0 Å². The third kappa shape index (κ3) is 2.66. The van der Waals surface area contributed by atoms with Crippen LogP contribution >= 0.6 is 0 Å². The zero-order valence-corrected chi connectivity index (χ0v) is 10.9. The van der Waals surface area contributed by atoms with Crippen LogP contribution in [0.1, 0.15) is 6.42 Å². The van der Waals surface area contributed by atoms with Gasteiger partial charge in [-0.05, 0) is 18.6 Å². The minimum atomic E-state index is 0.421. The lowest BCUT2D eigenvalue weighted by atomic mass is 10.3. The lowest BCUT2D eigenvalue weighted by Gasteiger charge is -2.08. The highest BCUT2D eigenvalue weighted by Gasteiger charge is 2.04. The first-order valence-corrected chi connectivity index (χ1v) is 6.43. The van der Waals surface area contributed by atoms with Gasteiger partial charge >= 0.3 is 0 Å². The molecule has 7 nitrogen and oxygen atoms in total. The van der Waals surface area contributed by atoms with Gasteiger partial charge in [-0.3, -0.25) is 4.68 Å². The van der Waals surface area contributed by atoms with Crippen LogP contribution in [0.4, 0.5) is 11.6 Å². The van der Waals surface area contributed by atoms with E-state index in [0.717, 1.165) is 30.5 Å². The van der Waals surface area contributed by atoms with E-state index in [2.05, 4.69) is 25.6 Å². The first-order chi connectivity index (χ1) is 9.83. The predicted molar refractivity (Wildman–Crippen MR) is 77.1 cm³/mol. The summed E-state index contributed by atoms with van der Waals surface area (Å²) in [6, 6.07) is 7.67. The number of nitrogens with one attached hydrogen (secondary N) is 1. The number of para-hydroxylation sites is 2. The molecule has 2 aromatic heterocycles. The van der Waals surface area contributed by atoms with Crippen LogP contribution in [0, 0.1) is 0 Å². The van der Waals surface area contributed by atoms with Gasteiger partial charge in [0, 0.05) is 19.3 Å². The molecule has 0 aliphatic heterocycles. The molecule has 0 atom stereocenters. The summed E-state index contributed by atoms with van der Waals surface area (Å²) in [6.07, 6.45) is 4.40. The van der Waals surface area contributed by atoms with Crippen LogP contribution in [-0.4, -0.2) is 31.5 Å². The molecular weight excluding hydrogens is 254 g/mol. The molecule has 0 aliphatic carbocycles. The maximum atomic E-state index is 5.90. The van der Waals surface area contributed by atoms with E-state index in [9.17, 15) is 0 Å². The zero-order valence-electron chi connectivity index (χ0n) is 10.9. The van der Waals surface area contributed by atoms with Crippen LogP contribution in [0.2, 0.25) is 0 Å². The molecule has 3 aromatic rings. The molecule has 0 unspecified atom stereocenters. The first-order valence-electron chi connectivity index (χ1n) is 6.43. The van der Waals surface area contributed by atoms with E-state index in [4.69, 9.17) is 5.73 Å². The molecule has 0 fully saturated rings. The second-order valence-electron chi connectivity index (χ2n) is 4.39. The number of nitrogens with zero attached hydrogens (tertiary/aromatic N) is 5. The molecule has 3 N–H and O–H groups in total. The molecule has 102 valence electrons. The number of aryl methyl sites for hydroxylation is 1. The van der Waals surface area contributed by atoms with Gasteiger partial charge in [-0.1, -0.05) is 17.3 Å². The summed E-state index contributed by atoms with van der Waals surface area (Å²) >= 11 is 0. The fraction of sp³-hybridized carbons (Fsp3) is 0.231. The number of nitrogen functional groups attached to an aromatic ring is 1. The maximum Gasteiger partial charge on any atom is 0.169 e. The van der Waals surface area contributed by atoms with Crippen molar-refractivity contribution in [3.8, 4) is 0 Å². The normalized spacial score (nSPS) is 10.8. The Hall–Kier alpha value is -2.70. The summed E-state index contributed by atoms with van der Waals surface area (Å²) in [5.41, 5.74) is 7.54. The summed E-state index contributed by atoms with van der Waals surface area (Å²) < 4.78 is 1.79. The summed E-state index contributed by atoms with van der Waals surface area (Å²) in [7, 11) is 0. The lowest BCUT2D eigenvalue weighted by Crippen LogP contribution is -2.10. The summed E-state index contributed by atoms with van der Waals surface area (Å²) in [6.45, 7) is 1.55. The lowest BCUT2D eigenvalue weighted by molar-refractivity contribution is 0.569. The van der Waals surface area contributed by atoms with Crippen molar-refractivity contribution in [3.63, 3.8) is 0 Å². The largest absolute Gasteiger partial charge is 0.381 e. The second kappa shape index (κ2) is 5.52. The smallest absolute Gasteiger partial charge is 0.169 e. The Morgan fingerprint density at radius 3 is 2.70 bits per heavy atom. The van der Waals surface area contributed by atoms with Gasteiger partial charge in [0.05, 0.1) is 17.2 Å². The quantitative estimate of drug-likeness (QED) is 0.678. The Kier molecular flexibility index (Phi) is 3.40. The van der Waals surface area contributed by atoms with Gasteiger partial charge < -0.3 is 11.1 Å². The van der Waals surface area contributed by atoms with Gasteiger partial charge in [0.15, 0.2) is 11.6 Å². The number of rotatable bonds is 5. The average Bonchev–Trinajstić information content (AvgIpc) is 2.97. The number of anilines is 2. The van der Waals surface area contributed by atoms with Crippen molar-refractivity contribution >= 4 is 22.7 Å². The Balaban J connectivity index is 1.63. The van der Waals surface area contributed by atoms with Gasteiger partial charge in [0.1, 0.15) is 0 Å². The molecule has 7 heteroatoms. The first kappa shape index (κ1) is 12.3. The van der Waals surface area contributed by atoms with E-state index in [0.29, 0.717) is 11.6 Å². The van der Waals surface area contributed by atoms with Crippen molar-refractivity contribution in [2.45, 2.75) is 13.0 Å². The minimum absolute atomic E-state index is 0.421. The van der Waals surface area contributed by atoms with Gasteiger partial charge in [-0.2, -0.15) is 0 Å². The molecule has 0 saturated heterocycles. The van der Waals surface area contributed by atoms with Crippen LogP contribution in [0.15, 0.2) is 36.7 Å². The topological polar surface area (TPSA) is 94.5 Å². The van der Waals surface area contributed by atoms with Crippen molar-refractivity contribution < 1.29 is 0 Å². The average molecular weight is 269 g/mol. The van der Waals surface area contributed by atoms with E-state index in [1.807, 2.05) is 30.5 Å². The Labute approximate surface area is 115 Å². The van der Waals surface area contributed by atoms with Crippen molar-refractivity contribution in [2.75, 3.05) is 17.6 Å². The number of nitrogens with two attached hydrogens (primary N) is 1. The van der Waals surface area contributed by atoms with Gasteiger partial charge in [0.25, 0.3) is 0 Å². The summed E-state index contributed by atoms with van der Waals surface area (Å²) in [5.74, 6) is 1.05. The zero-order chi connectivity index (χ0) is 13.8. The van der Waals surface area contributed by atoms with E-state index in [1.165, 1.54) is 0 Å². The number of hydrogen-bond donors (Lipinski definition) is 2. The number of aromatic nitrogens is 5. The highest BCUT2D eigenvalue weighted by molar-refractivity contribution is 5.79. The maximum absolute atomic E-state index is 5.90. The molecule has 20 heavy (non-hydrogen) atoms. The fourth-order valence-corrected chi connectivity index (χ4v) is 1.94. The molecular formula is C13H15N7. The molecule has 0 bridgehead atoms. The number of benzene rings is 1. The second-order valence-corrected chi connectivity index (χ2v) is 4.39. The van der Waals surface area contributed by atoms with E-state index in [1.54, 1.807) is 10.9 Å². The van der Waals surface area contributed by atoms with E-state index in [-0.39, 0.29) is 0 Å². The standard InChI is InChI=1S/C13H15N7/c14-12-13(15-6-3-8-20-9-7-16-19-20)18-11-5-2-1-4-10(11)17-12/h1-2,4-5,7,9H,3,6,8H2,(H2,14,17)(H,15,18). The van der Waals surface area contributed by atoms with E-state index >= 15 is 0 Å². The predicted octanol–water partition coefficient (Wildman–Crippen LogP) is 1.31. The third-order valence-corrected chi connectivity index (χ3v) is 2.93. The molecule has 0 radical (unpaired) electrons. The highest BCUT2D eigenvalue weighted by atomic mass is 15.4. The van der Waals surface area contributed by atoms with Crippen molar-refractivity contribution in [3.05, 3.63) is 36.7 Å².